The van der Waals surface area contributed by atoms with E-state index >= 15 is 0 Å². The van der Waals surface area contributed by atoms with Gasteiger partial charge < -0.3 is 103 Å². The van der Waals surface area contributed by atoms with Crippen molar-refractivity contribution < 1.29 is 96.9 Å². The molecule has 0 radical (unpaired) electrons. The number of benzene rings is 8. The van der Waals surface area contributed by atoms with Crippen molar-refractivity contribution in [2.24, 2.45) is 21.7 Å². The number of carbonyl (C=O) groups is 12. The lowest BCUT2D eigenvalue weighted by Crippen LogP contribution is -2.63. The predicted molar refractivity (Wildman–Crippen MR) is 551 cm³/mol. The molecule has 8 amide bonds. The fourth-order valence-electron chi connectivity index (χ4n) is 18.9. The molecule has 16 rings (SSSR count). The van der Waals surface area contributed by atoms with E-state index in [-0.39, 0.29) is 48.8 Å². The van der Waals surface area contributed by atoms with E-state index in [1.54, 1.807) is 83.9 Å². The van der Waals surface area contributed by atoms with Crippen LogP contribution in [0.4, 0.5) is 0 Å². The summed E-state index contributed by atoms with van der Waals surface area (Å²) in [5.74, 6) is -0.641. The Morgan fingerprint density at radius 2 is 0.479 bits per heavy atom. The van der Waals surface area contributed by atoms with Crippen LogP contribution in [0.15, 0.2) is 218 Å². The van der Waals surface area contributed by atoms with Crippen molar-refractivity contribution in [3.63, 3.8) is 0 Å². The predicted octanol–water partition coefficient (Wildman–Crippen LogP) is 6.95. The van der Waals surface area contributed by atoms with Crippen LogP contribution in [0.1, 0.15) is 163 Å². The summed E-state index contributed by atoms with van der Waals surface area (Å²) in [6, 6.07) is 57.9. The van der Waals surface area contributed by atoms with E-state index in [1.807, 2.05) is 198 Å². The first kappa shape index (κ1) is 110. The van der Waals surface area contributed by atoms with E-state index in [0.717, 1.165) is 102 Å². The van der Waals surface area contributed by atoms with E-state index in [2.05, 4.69) is 63.8 Å². The normalized spacial score (nSPS) is 22.2. The van der Waals surface area contributed by atoms with Gasteiger partial charge in [0.05, 0.1) is 76.5 Å². The quantitative estimate of drug-likeness (QED) is 0.0184. The van der Waals surface area contributed by atoms with Crippen LogP contribution in [0.3, 0.4) is 0 Å². The molecule has 0 unspecified atom stereocenters. The van der Waals surface area contributed by atoms with E-state index in [1.165, 1.54) is 0 Å². The summed E-state index contributed by atoms with van der Waals surface area (Å²) in [6.45, 7) is 11.6. The average molecular weight is 2000 g/mol. The van der Waals surface area contributed by atoms with Crippen molar-refractivity contribution >= 4 is 70.4 Å². The molecule has 4 aliphatic carbocycles. The Labute approximate surface area is 854 Å². The SMILES string of the molecule is COc1ccc(C[C@H](NC(=O)[C@@H]2NCC[C@@H]2O)C(=O)N[C@@H](Cc2ccccc2)C(=O)C2(C)CC2)cc1.COc1ccc(C[C@H](NC(=O)[C@@H]2NCC[C@@H]2O)C(=O)N[C@@H](Cc2ccccc2)C(=O)C2(C)CC2)cc1.COc1ccc(C[C@H](NC(=O)[C@H]2NCCC[C@@]2(C)O)C(=O)N[C@@H](Cc2ccccc2)C(=O)C2(C)CC2)cc1.COc1ccc(C[C@H](NC(=O)[C@H]2NCC[C@@H]2O)C(=O)N[C@@H](Cc2ccccc2)C(=O)C2(C)CC2)cc1. The highest BCUT2D eigenvalue weighted by Crippen LogP contribution is 2.50. The zero-order chi connectivity index (χ0) is 104. The smallest absolute Gasteiger partial charge is 0.243 e. The van der Waals surface area contributed by atoms with E-state index < -0.39 is 165 Å². The lowest BCUT2D eigenvalue weighted by atomic mass is 9.87. The molecule has 32 heteroatoms. The lowest BCUT2D eigenvalue weighted by molar-refractivity contribution is -0.136. The van der Waals surface area contributed by atoms with Gasteiger partial charge in [-0.2, -0.15) is 0 Å². The van der Waals surface area contributed by atoms with Gasteiger partial charge in [0.15, 0.2) is 23.1 Å². The minimum Gasteiger partial charge on any atom is -0.497 e. The van der Waals surface area contributed by atoms with Crippen LogP contribution in [0.2, 0.25) is 0 Å². The molecule has 8 fully saturated rings. The van der Waals surface area contributed by atoms with Crippen LogP contribution in [0, 0.1) is 21.7 Å². The van der Waals surface area contributed by atoms with Crippen molar-refractivity contribution in [2.75, 3.05) is 54.6 Å². The Kier molecular flexibility index (Phi) is 38.5. The maximum Gasteiger partial charge on any atom is 0.243 e. The number of methoxy groups -OCH3 is 4. The van der Waals surface area contributed by atoms with Crippen molar-refractivity contribution in [1.82, 2.24) is 63.8 Å². The largest absolute Gasteiger partial charge is 0.497 e. The molecule has 4 heterocycles. The molecule has 0 bridgehead atoms. The average Bonchev–Trinajstić information content (AvgIpc) is 1.63. The summed E-state index contributed by atoms with van der Waals surface area (Å²) < 4.78 is 20.9. The highest BCUT2D eigenvalue weighted by molar-refractivity contribution is 6.01. The summed E-state index contributed by atoms with van der Waals surface area (Å²) in [7, 11) is 6.32. The van der Waals surface area contributed by atoms with Gasteiger partial charge >= 0.3 is 0 Å². The number of piperidine rings is 1. The van der Waals surface area contributed by atoms with E-state index in [0.29, 0.717) is 101 Å². The van der Waals surface area contributed by atoms with Gasteiger partial charge in [-0.15, -0.1) is 0 Å². The number of aliphatic hydroxyl groups is 4. The van der Waals surface area contributed by atoms with Gasteiger partial charge in [-0.25, -0.2) is 0 Å². The summed E-state index contributed by atoms with van der Waals surface area (Å²) in [4.78, 5) is 160. The first-order valence-corrected chi connectivity index (χ1v) is 51.0. The number of ketones is 4. The molecular weight excluding hydrogens is 1860 g/mol. The van der Waals surface area contributed by atoms with E-state index in [4.69, 9.17) is 18.9 Å². The van der Waals surface area contributed by atoms with Gasteiger partial charge in [-0.3, -0.25) is 57.5 Å². The topological polar surface area (TPSA) is 467 Å². The third-order valence-corrected chi connectivity index (χ3v) is 29.5. The monoisotopic (exact) mass is 2000 g/mol. The lowest BCUT2D eigenvalue weighted by Gasteiger charge is -2.37. The number of rotatable bonds is 44. The second-order valence-corrected chi connectivity index (χ2v) is 41.4. The highest BCUT2D eigenvalue weighted by Gasteiger charge is 2.53. The van der Waals surface area contributed by atoms with Crippen molar-refractivity contribution in [1.29, 1.82) is 0 Å². The van der Waals surface area contributed by atoms with Gasteiger partial charge in [0, 0.05) is 47.3 Å². The van der Waals surface area contributed by atoms with Crippen molar-refractivity contribution in [2.45, 2.75) is 266 Å². The number of hydrogen-bond donors (Lipinski definition) is 16. The fraction of sp³-hybridized carbons (Fsp3) is 0.474. The maximum absolute atomic E-state index is 13.7. The summed E-state index contributed by atoms with van der Waals surface area (Å²) in [5.41, 5.74) is 4.23. The molecule has 8 aliphatic rings. The molecule has 16 atom stereocenters. The molecular formula is C114H144N12O20. The van der Waals surface area contributed by atoms with Crippen LogP contribution in [-0.4, -0.2) is 242 Å². The Morgan fingerprint density at radius 3 is 0.671 bits per heavy atom. The van der Waals surface area contributed by atoms with Gasteiger partial charge in [-0.1, -0.05) is 198 Å². The fourth-order valence-corrected chi connectivity index (χ4v) is 18.9. The molecule has 8 aromatic rings. The molecule has 16 N–H and O–H groups in total. The van der Waals surface area contributed by atoms with Gasteiger partial charge in [0.25, 0.3) is 0 Å². The number of Topliss-reactive ketones (excluding diaryl/α,β-unsaturated/α-hetero) is 4. The summed E-state index contributed by atoms with van der Waals surface area (Å²) >= 11 is 0. The summed E-state index contributed by atoms with van der Waals surface area (Å²) in [6.07, 6.45) is 9.14. The second-order valence-electron chi connectivity index (χ2n) is 41.4. The minimum absolute atomic E-state index is 0.0149. The number of hydrogen-bond acceptors (Lipinski definition) is 24. The molecule has 0 aromatic heterocycles. The molecule has 32 nitrogen and oxygen atoms in total. The molecule has 8 aromatic carbocycles. The summed E-state index contributed by atoms with van der Waals surface area (Å²) in [5, 5.41) is 76.4. The number of ether oxygens (including phenoxy) is 4. The third-order valence-electron chi connectivity index (χ3n) is 29.5. The Morgan fingerprint density at radius 1 is 0.274 bits per heavy atom. The molecule has 780 valence electrons. The van der Waals surface area contributed by atoms with Gasteiger partial charge in [-0.05, 0) is 235 Å². The molecule has 146 heavy (non-hydrogen) atoms. The number of carbonyl (C=O) groups excluding carboxylic acids is 12. The Hall–Kier alpha value is -12.9. The van der Waals surface area contributed by atoms with Crippen LogP contribution in [0.25, 0.3) is 0 Å². The molecule has 0 spiro atoms. The van der Waals surface area contributed by atoms with Crippen LogP contribution in [0.5, 0.6) is 23.0 Å². The molecule has 4 saturated carbocycles. The second kappa shape index (κ2) is 50.9. The first-order valence-electron chi connectivity index (χ1n) is 51.0. The maximum atomic E-state index is 13.7. The van der Waals surface area contributed by atoms with Crippen LogP contribution in [-0.2, 0) is 109 Å². The van der Waals surface area contributed by atoms with Crippen molar-refractivity contribution in [3.8, 4) is 23.0 Å². The van der Waals surface area contributed by atoms with Gasteiger partial charge in [0.2, 0.25) is 47.3 Å². The van der Waals surface area contributed by atoms with E-state index in [9.17, 15) is 78.0 Å². The number of aliphatic hydroxyl groups excluding tert-OH is 3. The van der Waals surface area contributed by atoms with Crippen LogP contribution >= 0.6 is 0 Å². The van der Waals surface area contributed by atoms with Gasteiger partial charge in [0.1, 0.15) is 71.3 Å². The standard InChI is InChI=1S/C30H39N3O5.3C28H35N3O5/c1-29(15-16-29)26(34)23(18-20-8-5-4-6-9-20)32-27(35)24(19-21-10-12-22(38-3)13-11-21)33-28(36)25-30(2,37)14-7-17-31-25;3*1-28(13-14-28)25(33)21(16-18-6-4-3-5-7-18)30-26(34)22(17-19-8-10-20(36-2)11-9-19)31-27(35)24-23(32)12-15-29-24/h4-6,8-13,23-25,31,37H,7,14-19H2,1-3H3,(H,32,35)(H,33,36);3*3-11,21-24,29,32H,12-17H2,1-2H3,(H,30,34)(H,31,35)/t23-,24-,25+,30+;2*21-,22-,23-,24+;21-,22-,23-,24-/m0000/s1. The third kappa shape index (κ3) is 31.1. The number of amides is 8. The van der Waals surface area contributed by atoms with Crippen molar-refractivity contribution in [3.05, 3.63) is 263 Å². The first-order chi connectivity index (χ1) is 70.0. The Bertz CT molecular complexity index is 5320. The minimum atomic E-state index is -1.23. The zero-order valence-electron chi connectivity index (χ0n) is 84.9. The highest BCUT2D eigenvalue weighted by atomic mass is 16.5. The Balaban J connectivity index is 0.000000163. The molecule has 4 saturated heterocycles. The molecule has 4 aliphatic heterocycles. The van der Waals surface area contributed by atoms with Crippen LogP contribution < -0.4 is 82.7 Å². The zero-order valence-corrected chi connectivity index (χ0v) is 84.9. The number of nitrogens with one attached hydrogen (secondary N) is 12.